The van der Waals surface area contributed by atoms with Crippen LogP contribution in [0.25, 0.3) is 10.8 Å². The highest BCUT2D eigenvalue weighted by Gasteiger charge is 2.41. The molecule has 3 N–H and O–H groups in total. The number of fused-ring (bicyclic) bond motifs is 1. The third kappa shape index (κ3) is 2.72. The molecule has 1 saturated heterocycles. The van der Waals surface area contributed by atoms with Gasteiger partial charge in [-0.3, -0.25) is 0 Å². The number of hydrogen-bond acceptors (Lipinski definition) is 2. The Kier molecular flexibility index (Phi) is 3.55. The summed E-state index contributed by atoms with van der Waals surface area (Å²) in [6.45, 7) is 3.39. The molecule has 0 saturated carbocycles. The molecule has 0 atom stereocenters. The summed E-state index contributed by atoms with van der Waals surface area (Å²) in [7, 11) is 0. The molecule has 0 bridgehead atoms. The average Bonchev–Trinajstić information content (AvgIpc) is 2.45. The Morgan fingerprint density at radius 3 is 2.71 bits per heavy atom. The lowest BCUT2D eigenvalue weighted by Crippen LogP contribution is -2.69. The van der Waals surface area contributed by atoms with E-state index in [1.807, 2.05) is 42.5 Å². The predicted molar refractivity (Wildman–Crippen MR) is 86.4 cm³/mol. The maximum absolute atomic E-state index is 12.3. The molecular weight excluding hydrogens is 262 g/mol. The van der Waals surface area contributed by atoms with Crippen LogP contribution in [0.3, 0.4) is 0 Å². The summed E-state index contributed by atoms with van der Waals surface area (Å²) in [6.07, 6.45) is 2.01. The molecule has 0 radical (unpaired) electrons. The fraction of sp³-hybridized carbons (Fsp3) is 0.353. The van der Waals surface area contributed by atoms with E-state index in [-0.39, 0.29) is 11.6 Å². The Labute approximate surface area is 124 Å². The van der Waals surface area contributed by atoms with Gasteiger partial charge in [0.25, 0.3) is 0 Å². The van der Waals surface area contributed by atoms with Gasteiger partial charge in [-0.2, -0.15) is 0 Å². The first-order valence-corrected chi connectivity index (χ1v) is 7.44. The Morgan fingerprint density at radius 2 is 1.95 bits per heavy atom. The largest absolute Gasteiger partial charge is 0.322 e. The molecule has 1 heterocycles. The van der Waals surface area contributed by atoms with Crippen molar-refractivity contribution in [2.24, 2.45) is 5.73 Å². The van der Waals surface area contributed by atoms with Gasteiger partial charge < -0.3 is 16.0 Å². The smallest absolute Gasteiger partial charge is 0.321 e. The Hall–Kier alpha value is -2.07. The lowest BCUT2D eigenvalue weighted by Gasteiger charge is -2.47. The summed E-state index contributed by atoms with van der Waals surface area (Å²) in [5.41, 5.74) is 6.86. The van der Waals surface area contributed by atoms with Crippen molar-refractivity contribution in [3.05, 3.63) is 42.5 Å². The summed E-state index contributed by atoms with van der Waals surface area (Å²) in [4.78, 5) is 14.1. The molecule has 0 aromatic heterocycles. The molecule has 4 nitrogen and oxygen atoms in total. The van der Waals surface area contributed by atoms with Crippen LogP contribution in [0.15, 0.2) is 42.5 Å². The molecule has 2 aromatic rings. The summed E-state index contributed by atoms with van der Waals surface area (Å²) < 4.78 is 0. The third-order valence-electron chi connectivity index (χ3n) is 4.08. The highest BCUT2D eigenvalue weighted by atomic mass is 16.2. The van der Waals surface area contributed by atoms with Gasteiger partial charge in [0.2, 0.25) is 0 Å². The molecule has 3 rings (SSSR count). The summed E-state index contributed by atoms with van der Waals surface area (Å²) >= 11 is 0. The predicted octanol–water partition coefficient (Wildman–Crippen LogP) is 3.18. The molecule has 2 aromatic carbocycles. The van der Waals surface area contributed by atoms with Crippen molar-refractivity contribution in [2.75, 3.05) is 18.4 Å². The van der Waals surface area contributed by atoms with E-state index in [1.54, 1.807) is 4.90 Å². The van der Waals surface area contributed by atoms with Crippen LogP contribution in [0.5, 0.6) is 0 Å². The van der Waals surface area contributed by atoms with Crippen molar-refractivity contribution in [3.8, 4) is 0 Å². The van der Waals surface area contributed by atoms with Gasteiger partial charge in [-0.15, -0.1) is 0 Å². The molecule has 21 heavy (non-hydrogen) atoms. The van der Waals surface area contributed by atoms with E-state index in [0.717, 1.165) is 29.3 Å². The first-order chi connectivity index (χ1) is 10.1. The SMILES string of the molecule is CCCC1(N)CN(C(=O)Nc2cccc3ccccc23)C1. The van der Waals surface area contributed by atoms with E-state index < -0.39 is 0 Å². The number of carbonyl (C=O) groups excluding carboxylic acids is 1. The van der Waals surface area contributed by atoms with Crippen LogP contribution in [0.4, 0.5) is 10.5 Å². The van der Waals surface area contributed by atoms with Gasteiger partial charge >= 0.3 is 6.03 Å². The van der Waals surface area contributed by atoms with Crippen LogP contribution in [0.1, 0.15) is 19.8 Å². The second-order valence-electron chi connectivity index (χ2n) is 5.93. The molecule has 0 unspecified atom stereocenters. The van der Waals surface area contributed by atoms with Gasteiger partial charge in [0, 0.05) is 18.5 Å². The minimum atomic E-state index is -0.190. The maximum Gasteiger partial charge on any atom is 0.321 e. The first kappa shape index (κ1) is 13.9. The lowest BCUT2D eigenvalue weighted by atomic mass is 9.87. The summed E-state index contributed by atoms with van der Waals surface area (Å²) in [5, 5.41) is 5.18. The second-order valence-corrected chi connectivity index (χ2v) is 5.93. The van der Waals surface area contributed by atoms with Crippen molar-refractivity contribution in [1.82, 2.24) is 4.90 Å². The molecule has 0 spiro atoms. The van der Waals surface area contributed by atoms with Gasteiger partial charge in [-0.1, -0.05) is 49.7 Å². The number of carbonyl (C=O) groups is 1. The maximum atomic E-state index is 12.3. The fourth-order valence-electron chi connectivity index (χ4n) is 3.04. The number of nitrogens with zero attached hydrogens (tertiary/aromatic N) is 1. The molecule has 1 fully saturated rings. The number of likely N-dealkylation sites (tertiary alicyclic amines) is 1. The van der Waals surface area contributed by atoms with Gasteiger partial charge in [0.15, 0.2) is 0 Å². The minimum absolute atomic E-state index is 0.0662. The van der Waals surface area contributed by atoms with E-state index in [0.29, 0.717) is 13.1 Å². The number of nitrogens with two attached hydrogens (primary N) is 1. The number of benzene rings is 2. The Morgan fingerprint density at radius 1 is 1.24 bits per heavy atom. The number of amides is 2. The van der Waals surface area contributed by atoms with Crippen LogP contribution in [0, 0.1) is 0 Å². The standard InChI is InChI=1S/C17H21N3O/c1-2-10-17(18)11-20(12-17)16(21)19-15-9-5-7-13-6-3-4-8-14(13)15/h3-9H,2,10-12,18H2,1H3,(H,19,21). The van der Waals surface area contributed by atoms with Gasteiger partial charge in [-0.25, -0.2) is 4.79 Å². The van der Waals surface area contributed by atoms with Crippen LogP contribution < -0.4 is 11.1 Å². The topological polar surface area (TPSA) is 58.4 Å². The van der Waals surface area contributed by atoms with E-state index in [9.17, 15) is 4.79 Å². The highest BCUT2D eigenvalue weighted by Crippen LogP contribution is 2.26. The zero-order chi connectivity index (χ0) is 14.9. The highest BCUT2D eigenvalue weighted by molar-refractivity contribution is 6.01. The van der Waals surface area contributed by atoms with E-state index in [2.05, 4.69) is 12.2 Å². The normalized spacial score (nSPS) is 16.6. The first-order valence-electron chi connectivity index (χ1n) is 7.44. The number of anilines is 1. The Balaban J connectivity index is 1.71. The zero-order valence-corrected chi connectivity index (χ0v) is 12.3. The zero-order valence-electron chi connectivity index (χ0n) is 12.3. The number of urea groups is 1. The van der Waals surface area contributed by atoms with E-state index in [4.69, 9.17) is 5.73 Å². The van der Waals surface area contributed by atoms with Gasteiger partial charge in [-0.05, 0) is 17.9 Å². The van der Waals surface area contributed by atoms with Crippen molar-refractivity contribution < 1.29 is 4.79 Å². The van der Waals surface area contributed by atoms with Crippen molar-refractivity contribution in [3.63, 3.8) is 0 Å². The number of rotatable bonds is 3. The molecular formula is C17H21N3O. The van der Waals surface area contributed by atoms with Crippen LogP contribution >= 0.6 is 0 Å². The molecule has 4 heteroatoms. The molecule has 1 aliphatic rings. The van der Waals surface area contributed by atoms with Crippen molar-refractivity contribution in [2.45, 2.75) is 25.3 Å². The molecule has 110 valence electrons. The van der Waals surface area contributed by atoms with Crippen molar-refractivity contribution >= 4 is 22.5 Å². The second kappa shape index (κ2) is 5.37. The quantitative estimate of drug-likeness (QED) is 0.909. The molecule has 1 aliphatic heterocycles. The summed E-state index contributed by atoms with van der Waals surface area (Å²) in [6, 6.07) is 13.9. The van der Waals surface area contributed by atoms with E-state index >= 15 is 0 Å². The van der Waals surface area contributed by atoms with Gasteiger partial charge in [0.1, 0.15) is 0 Å². The average molecular weight is 283 g/mol. The minimum Gasteiger partial charge on any atom is -0.322 e. The summed E-state index contributed by atoms with van der Waals surface area (Å²) in [5.74, 6) is 0. The van der Waals surface area contributed by atoms with Gasteiger partial charge in [0.05, 0.1) is 11.2 Å². The molecule has 0 aliphatic carbocycles. The fourth-order valence-corrected chi connectivity index (χ4v) is 3.04. The van der Waals surface area contributed by atoms with Crippen LogP contribution in [-0.2, 0) is 0 Å². The third-order valence-corrected chi connectivity index (χ3v) is 4.08. The van der Waals surface area contributed by atoms with Crippen molar-refractivity contribution in [1.29, 1.82) is 0 Å². The van der Waals surface area contributed by atoms with E-state index in [1.165, 1.54) is 0 Å². The van der Waals surface area contributed by atoms with Crippen LogP contribution in [-0.4, -0.2) is 29.6 Å². The Bertz CT molecular complexity index is 657. The number of nitrogens with one attached hydrogen (secondary N) is 1. The monoisotopic (exact) mass is 283 g/mol. The molecule has 2 amide bonds. The van der Waals surface area contributed by atoms with Crippen LogP contribution in [0.2, 0.25) is 0 Å². The lowest BCUT2D eigenvalue weighted by molar-refractivity contribution is 0.0980. The number of hydrogen-bond donors (Lipinski definition) is 2.